The van der Waals surface area contributed by atoms with Crippen LogP contribution >= 0.6 is 0 Å². The van der Waals surface area contributed by atoms with Gasteiger partial charge in [0.15, 0.2) is 5.78 Å². The quantitative estimate of drug-likeness (QED) is 0.824. The Bertz CT molecular complexity index is 425. The normalized spacial score (nSPS) is 18.3. The van der Waals surface area contributed by atoms with E-state index in [1.54, 1.807) is 13.2 Å². The van der Waals surface area contributed by atoms with Gasteiger partial charge in [-0.1, -0.05) is 12.1 Å². The zero-order valence-electron chi connectivity index (χ0n) is 10.6. The number of hydrogen-bond acceptors (Lipinski definition) is 4. The first-order chi connectivity index (χ1) is 8.72. The lowest BCUT2D eigenvalue weighted by molar-refractivity contribution is 0.0200. The minimum atomic E-state index is -0.468. The van der Waals surface area contributed by atoms with Crippen LogP contribution in [0.1, 0.15) is 23.2 Å². The van der Waals surface area contributed by atoms with Crippen LogP contribution in [0.5, 0.6) is 5.75 Å². The number of benzene rings is 1. The Morgan fingerprint density at radius 2 is 2.17 bits per heavy atom. The SMILES string of the molecule is COc1cccc(C(=O)C2(CN)CCOCC2)c1. The van der Waals surface area contributed by atoms with Crippen molar-refractivity contribution in [1.82, 2.24) is 0 Å². The van der Waals surface area contributed by atoms with Crippen molar-refractivity contribution in [2.24, 2.45) is 11.1 Å². The molecule has 0 amide bonds. The molecule has 1 aliphatic rings. The van der Waals surface area contributed by atoms with E-state index in [2.05, 4.69) is 0 Å². The summed E-state index contributed by atoms with van der Waals surface area (Å²) in [5.74, 6) is 0.798. The first-order valence-electron chi connectivity index (χ1n) is 6.18. The number of Topliss-reactive ketones (excluding diaryl/α,β-unsaturated/α-hetero) is 1. The number of hydrogen-bond donors (Lipinski definition) is 1. The van der Waals surface area contributed by atoms with Crippen LogP contribution in [0.3, 0.4) is 0 Å². The summed E-state index contributed by atoms with van der Waals surface area (Å²) in [7, 11) is 1.59. The molecule has 2 N–H and O–H groups in total. The summed E-state index contributed by atoms with van der Waals surface area (Å²) in [6.07, 6.45) is 1.39. The molecule has 4 heteroatoms. The third-order valence-electron chi connectivity index (χ3n) is 3.65. The molecule has 0 bridgehead atoms. The molecule has 1 saturated heterocycles. The Balaban J connectivity index is 2.27. The number of carbonyl (C=O) groups is 1. The molecule has 0 saturated carbocycles. The van der Waals surface area contributed by atoms with Crippen molar-refractivity contribution < 1.29 is 14.3 Å². The fraction of sp³-hybridized carbons (Fsp3) is 0.500. The maximum atomic E-state index is 12.6. The molecule has 98 valence electrons. The summed E-state index contributed by atoms with van der Waals surface area (Å²) in [5, 5.41) is 0. The van der Waals surface area contributed by atoms with Crippen LogP contribution in [0.4, 0.5) is 0 Å². The molecule has 0 aromatic heterocycles. The number of rotatable bonds is 4. The molecule has 1 heterocycles. The monoisotopic (exact) mass is 249 g/mol. The van der Waals surface area contributed by atoms with Gasteiger partial charge in [0.05, 0.1) is 12.5 Å². The van der Waals surface area contributed by atoms with Gasteiger partial charge in [0.1, 0.15) is 5.75 Å². The highest BCUT2D eigenvalue weighted by atomic mass is 16.5. The molecule has 0 aliphatic carbocycles. The maximum absolute atomic E-state index is 12.6. The molecule has 1 fully saturated rings. The fourth-order valence-corrected chi connectivity index (χ4v) is 2.36. The second-order valence-corrected chi connectivity index (χ2v) is 4.66. The summed E-state index contributed by atoms with van der Waals surface area (Å²) >= 11 is 0. The Kier molecular flexibility index (Phi) is 3.99. The van der Waals surface area contributed by atoms with Gasteiger partial charge in [0.25, 0.3) is 0 Å². The second-order valence-electron chi connectivity index (χ2n) is 4.66. The van der Waals surface area contributed by atoms with Crippen molar-refractivity contribution in [3.63, 3.8) is 0 Å². The molecule has 1 aromatic rings. The van der Waals surface area contributed by atoms with E-state index in [1.807, 2.05) is 18.2 Å². The fourth-order valence-electron chi connectivity index (χ4n) is 2.36. The van der Waals surface area contributed by atoms with Gasteiger partial charge in [-0.3, -0.25) is 4.79 Å². The Morgan fingerprint density at radius 1 is 1.44 bits per heavy atom. The standard InChI is InChI=1S/C14H19NO3/c1-17-12-4-2-3-11(9-12)13(16)14(10-15)5-7-18-8-6-14/h2-4,9H,5-8,10,15H2,1H3. The lowest BCUT2D eigenvalue weighted by atomic mass is 9.74. The van der Waals surface area contributed by atoms with E-state index in [0.717, 1.165) is 0 Å². The van der Waals surface area contributed by atoms with Gasteiger partial charge in [0.2, 0.25) is 0 Å². The molecule has 2 rings (SSSR count). The molecule has 18 heavy (non-hydrogen) atoms. The number of carbonyl (C=O) groups excluding carboxylic acids is 1. The van der Waals surface area contributed by atoms with E-state index in [1.165, 1.54) is 0 Å². The Hall–Kier alpha value is -1.39. The predicted octanol–water partition coefficient (Wildman–Crippen LogP) is 1.63. The topological polar surface area (TPSA) is 61.5 Å². The van der Waals surface area contributed by atoms with Crippen LogP contribution in [0.2, 0.25) is 0 Å². The third-order valence-corrected chi connectivity index (χ3v) is 3.65. The predicted molar refractivity (Wildman–Crippen MR) is 68.9 cm³/mol. The van der Waals surface area contributed by atoms with Gasteiger partial charge >= 0.3 is 0 Å². The van der Waals surface area contributed by atoms with Gasteiger partial charge in [0, 0.05) is 25.3 Å². The van der Waals surface area contributed by atoms with E-state index in [4.69, 9.17) is 15.2 Å². The Morgan fingerprint density at radius 3 is 2.78 bits per heavy atom. The van der Waals surface area contributed by atoms with Crippen LogP contribution < -0.4 is 10.5 Å². The molecule has 0 atom stereocenters. The summed E-state index contributed by atoms with van der Waals surface area (Å²) in [6.45, 7) is 1.58. The van der Waals surface area contributed by atoms with Gasteiger partial charge < -0.3 is 15.2 Å². The summed E-state index contributed by atoms with van der Waals surface area (Å²) in [4.78, 5) is 12.6. The molecular formula is C14H19NO3. The van der Waals surface area contributed by atoms with Crippen LogP contribution in [-0.2, 0) is 4.74 Å². The lowest BCUT2D eigenvalue weighted by Crippen LogP contribution is -2.43. The van der Waals surface area contributed by atoms with Crippen molar-refractivity contribution >= 4 is 5.78 Å². The van der Waals surface area contributed by atoms with Crippen LogP contribution in [-0.4, -0.2) is 32.7 Å². The number of methoxy groups -OCH3 is 1. The van der Waals surface area contributed by atoms with Gasteiger partial charge in [-0.2, -0.15) is 0 Å². The minimum Gasteiger partial charge on any atom is -0.497 e. The van der Waals surface area contributed by atoms with Gasteiger partial charge in [-0.05, 0) is 25.0 Å². The van der Waals surface area contributed by atoms with Crippen molar-refractivity contribution in [3.05, 3.63) is 29.8 Å². The van der Waals surface area contributed by atoms with Crippen molar-refractivity contribution in [2.75, 3.05) is 26.9 Å². The van der Waals surface area contributed by atoms with Gasteiger partial charge in [-0.25, -0.2) is 0 Å². The van der Waals surface area contributed by atoms with Crippen LogP contribution in [0.25, 0.3) is 0 Å². The molecule has 1 aromatic carbocycles. The van der Waals surface area contributed by atoms with Gasteiger partial charge in [-0.15, -0.1) is 0 Å². The molecular weight excluding hydrogens is 230 g/mol. The highest BCUT2D eigenvalue weighted by molar-refractivity contribution is 6.01. The number of ketones is 1. The average Bonchev–Trinajstić information content (AvgIpc) is 2.47. The van der Waals surface area contributed by atoms with E-state index >= 15 is 0 Å². The summed E-state index contributed by atoms with van der Waals surface area (Å²) in [6, 6.07) is 7.25. The molecule has 0 spiro atoms. The minimum absolute atomic E-state index is 0.104. The smallest absolute Gasteiger partial charge is 0.170 e. The third kappa shape index (κ3) is 2.40. The highest BCUT2D eigenvalue weighted by Crippen LogP contribution is 2.33. The first-order valence-corrected chi connectivity index (χ1v) is 6.18. The van der Waals surface area contributed by atoms with E-state index in [0.29, 0.717) is 43.9 Å². The van der Waals surface area contributed by atoms with Crippen molar-refractivity contribution in [3.8, 4) is 5.75 Å². The summed E-state index contributed by atoms with van der Waals surface area (Å²) in [5.41, 5.74) is 6.04. The van der Waals surface area contributed by atoms with Crippen LogP contribution in [0.15, 0.2) is 24.3 Å². The Labute approximate surface area is 107 Å². The highest BCUT2D eigenvalue weighted by Gasteiger charge is 2.39. The maximum Gasteiger partial charge on any atom is 0.170 e. The molecule has 0 radical (unpaired) electrons. The van der Waals surface area contributed by atoms with Crippen molar-refractivity contribution in [2.45, 2.75) is 12.8 Å². The van der Waals surface area contributed by atoms with E-state index in [-0.39, 0.29) is 5.78 Å². The lowest BCUT2D eigenvalue weighted by Gasteiger charge is -2.34. The average molecular weight is 249 g/mol. The number of nitrogens with two attached hydrogens (primary N) is 1. The largest absolute Gasteiger partial charge is 0.497 e. The zero-order chi connectivity index (χ0) is 13.0. The van der Waals surface area contributed by atoms with Crippen LogP contribution in [0, 0.1) is 5.41 Å². The number of ether oxygens (including phenoxy) is 2. The second kappa shape index (κ2) is 5.50. The molecule has 4 nitrogen and oxygen atoms in total. The van der Waals surface area contributed by atoms with Crippen molar-refractivity contribution in [1.29, 1.82) is 0 Å². The first kappa shape index (κ1) is 13.1. The zero-order valence-corrected chi connectivity index (χ0v) is 10.6. The summed E-state index contributed by atoms with van der Waals surface area (Å²) < 4.78 is 10.5. The van der Waals surface area contributed by atoms with E-state index in [9.17, 15) is 4.79 Å². The molecule has 1 aliphatic heterocycles. The van der Waals surface area contributed by atoms with E-state index < -0.39 is 5.41 Å². The molecule has 0 unspecified atom stereocenters.